The van der Waals surface area contributed by atoms with Crippen LogP contribution in [-0.4, -0.2) is 18.6 Å². The number of nitrogens with one attached hydrogen (secondary N) is 1. The van der Waals surface area contributed by atoms with Crippen LogP contribution < -0.4 is 11.3 Å². The molecule has 0 bridgehead atoms. The van der Waals surface area contributed by atoms with Crippen LogP contribution in [0.1, 0.15) is 46.0 Å². The molecule has 0 radical (unpaired) electrons. The Morgan fingerprint density at radius 2 is 2.07 bits per heavy atom. The van der Waals surface area contributed by atoms with Crippen molar-refractivity contribution < 1.29 is 9.53 Å². The molecule has 1 rings (SSSR count). The molecule has 0 aromatic rings. The summed E-state index contributed by atoms with van der Waals surface area (Å²) in [4.78, 5) is 11.9. The molecule has 0 amide bonds. The third-order valence-electron chi connectivity index (χ3n) is 3.56. The maximum atomic E-state index is 11.9. The zero-order valence-electron chi connectivity index (χ0n) is 9.71. The molecule has 1 aliphatic carbocycles. The maximum absolute atomic E-state index is 11.9. The van der Waals surface area contributed by atoms with Crippen LogP contribution in [0.3, 0.4) is 0 Å². The number of hydrogen-bond acceptors (Lipinski definition) is 4. The van der Waals surface area contributed by atoms with Crippen molar-refractivity contribution in [1.82, 2.24) is 5.43 Å². The van der Waals surface area contributed by atoms with Gasteiger partial charge in [-0.2, -0.15) is 0 Å². The minimum absolute atomic E-state index is 0.0250. The molecule has 0 aromatic carbocycles. The van der Waals surface area contributed by atoms with E-state index in [1.165, 1.54) is 0 Å². The third-order valence-corrected chi connectivity index (χ3v) is 3.56. The second kappa shape index (κ2) is 5.47. The van der Waals surface area contributed by atoms with Gasteiger partial charge in [-0.05, 0) is 39.0 Å². The van der Waals surface area contributed by atoms with Gasteiger partial charge in [0.05, 0.1) is 12.0 Å². The van der Waals surface area contributed by atoms with Gasteiger partial charge >= 0.3 is 5.97 Å². The standard InChI is InChI=1S/C11H22N2O2/c1-3-11(10(14)15-4-2)7-5-9(13-12)6-8-11/h9,13H,3-8,12H2,1-2H3. The van der Waals surface area contributed by atoms with E-state index < -0.39 is 0 Å². The zero-order chi connectivity index (χ0) is 11.3. The lowest BCUT2D eigenvalue weighted by Crippen LogP contribution is -2.44. The van der Waals surface area contributed by atoms with Crippen molar-refractivity contribution in [3.63, 3.8) is 0 Å². The molecule has 0 unspecified atom stereocenters. The highest BCUT2D eigenvalue weighted by Crippen LogP contribution is 2.40. The Morgan fingerprint density at radius 3 is 2.47 bits per heavy atom. The Balaban J connectivity index is 2.59. The molecule has 1 fully saturated rings. The molecule has 0 atom stereocenters. The largest absolute Gasteiger partial charge is 0.466 e. The van der Waals surface area contributed by atoms with E-state index >= 15 is 0 Å². The smallest absolute Gasteiger partial charge is 0.312 e. The minimum atomic E-state index is -0.247. The first-order valence-corrected chi connectivity index (χ1v) is 5.82. The average Bonchev–Trinajstić information content (AvgIpc) is 2.29. The van der Waals surface area contributed by atoms with Gasteiger partial charge in [0, 0.05) is 6.04 Å². The van der Waals surface area contributed by atoms with Gasteiger partial charge in [0.25, 0.3) is 0 Å². The van der Waals surface area contributed by atoms with Gasteiger partial charge in [-0.25, -0.2) is 0 Å². The lowest BCUT2D eigenvalue weighted by molar-refractivity contribution is -0.158. The predicted molar refractivity (Wildman–Crippen MR) is 58.9 cm³/mol. The molecule has 4 heteroatoms. The molecule has 88 valence electrons. The van der Waals surface area contributed by atoms with Crippen LogP contribution in [0.5, 0.6) is 0 Å². The summed E-state index contributed by atoms with van der Waals surface area (Å²) in [5.41, 5.74) is 2.54. The quantitative estimate of drug-likeness (QED) is 0.421. The number of nitrogens with two attached hydrogens (primary N) is 1. The van der Waals surface area contributed by atoms with Crippen LogP contribution in [0, 0.1) is 5.41 Å². The van der Waals surface area contributed by atoms with Gasteiger partial charge < -0.3 is 4.74 Å². The number of rotatable bonds is 4. The molecule has 1 saturated carbocycles. The molecule has 0 aliphatic heterocycles. The molecule has 0 saturated heterocycles. The second-order valence-electron chi connectivity index (χ2n) is 4.30. The summed E-state index contributed by atoms with van der Waals surface area (Å²) in [5, 5.41) is 0. The summed E-state index contributed by atoms with van der Waals surface area (Å²) in [6.07, 6.45) is 4.56. The van der Waals surface area contributed by atoms with Crippen LogP contribution in [0.4, 0.5) is 0 Å². The van der Waals surface area contributed by atoms with Crippen molar-refractivity contribution >= 4 is 5.97 Å². The van der Waals surface area contributed by atoms with Gasteiger partial charge in [-0.15, -0.1) is 0 Å². The lowest BCUT2D eigenvalue weighted by Gasteiger charge is -2.37. The van der Waals surface area contributed by atoms with Crippen molar-refractivity contribution in [3.05, 3.63) is 0 Å². The molecule has 4 nitrogen and oxygen atoms in total. The van der Waals surface area contributed by atoms with Gasteiger partial charge in [0.15, 0.2) is 0 Å². The Kier molecular flexibility index (Phi) is 4.54. The first-order chi connectivity index (χ1) is 7.18. The van der Waals surface area contributed by atoms with Gasteiger partial charge in [-0.3, -0.25) is 16.1 Å². The van der Waals surface area contributed by atoms with Crippen LogP contribution >= 0.6 is 0 Å². The van der Waals surface area contributed by atoms with E-state index in [1.807, 2.05) is 6.92 Å². The Hall–Kier alpha value is -0.610. The summed E-state index contributed by atoms with van der Waals surface area (Å²) in [6, 6.07) is 0.360. The molecular weight excluding hydrogens is 192 g/mol. The fraction of sp³-hybridized carbons (Fsp3) is 0.909. The Morgan fingerprint density at radius 1 is 1.47 bits per heavy atom. The van der Waals surface area contributed by atoms with E-state index in [9.17, 15) is 4.79 Å². The number of ether oxygens (including phenoxy) is 1. The van der Waals surface area contributed by atoms with E-state index in [2.05, 4.69) is 12.3 Å². The molecular formula is C11H22N2O2. The van der Waals surface area contributed by atoms with E-state index in [-0.39, 0.29) is 11.4 Å². The van der Waals surface area contributed by atoms with Crippen molar-refractivity contribution in [2.24, 2.45) is 11.3 Å². The lowest BCUT2D eigenvalue weighted by atomic mass is 9.71. The van der Waals surface area contributed by atoms with E-state index in [0.717, 1.165) is 32.1 Å². The van der Waals surface area contributed by atoms with E-state index in [1.54, 1.807) is 0 Å². The number of esters is 1. The summed E-state index contributed by atoms with van der Waals surface area (Å²) in [5.74, 6) is 5.38. The molecule has 0 spiro atoms. The highest BCUT2D eigenvalue weighted by atomic mass is 16.5. The SMILES string of the molecule is CCOC(=O)C1(CC)CCC(NN)CC1. The van der Waals surface area contributed by atoms with Crippen molar-refractivity contribution in [1.29, 1.82) is 0 Å². The number of carbonyl (C=O) groups is 1. The highest BCUT2D eigenvalue weighted by molar-refractivity contribution is 5.76. The van der Waals surface area contributed by atoms with Crippen molar-refractivity contribution in [2.75, 3.05) is 6.61 Å². The first-order valence-electron chi connectivity index (χ1n) is 5.82. The average molecular weight is 214 g/mol. The summed E-state index contributed by atoms with van der Waals surface area (Å²) >= 11 is 0. The fourth-order valence-electron chi connectivity index (χ4n) is 2.32. The predicted octanol–water partition coefficient (Wildman–Crippen LogP) is 1.35. The van der Waals surface area contributed by atoms with Crippen molar-refractivity contribution in [3.8, 4) is 0 Å². The van der Waals surface area contributed by atoms with Gasteiger partial charge in [0.2, 0.25) is 0 Å². The van der Waals surface area contributed by atoms with Crippen LogP contribution in [0.15, 0.2) is 0 Å². The molecule has 15 heavy (non-hydrogen) atoms. The van der Waals surface area contributed by atoms with Crippen LogP contribution in [-0.2, 0) is 9.53 Å². The van der Waals surface area contributed by atoms with E-state index in [0.29, 0.717) is 12.6 Å². The first kappa shape index (κ1) is 12.5. The summed E-state index contributed by atoms with van der Waals surface area (Å²) < 4.78 is 5.15. The molecule has 1 aliphatic rings. The highest BCUT2D eigenvalue weighted by Gasteiger charge is 2.41. The second-order valence-corrected chi connectivity index (χ2v) is 4.30. The summed E-state index contributed by atoms with van der Waals surface area (Å²) in [7, 11) is 0. The molecule has 0 heterocycles. The monoisotopic (exact) mass is 214 g/mol. The minimum Gasteiger partial charge on any atom is -0.466 e. The Bertz CT molecular complexity index is 211. The van der Waals surface area contributed by atoms with Gasteiger partial charge in [-0.1, -0.05) is 6.92 Å². The fourth-order valence-corrected chi connectivity index (χ4v) is 2.32. The third kappa shape index (κ3) is 2.69. The normalized spacial score (nSPS) is 31.3. The van der Waals surface area contributed by atoms with Gasteiger partial charge in [0.1, 0.15) is 0 Å². The maximum Gasteiger partial charge on any atom is 0.312 e. The topological polar surface area (TPSA) is 64.3 Å². The molecule has 3 N–H and O–H groups in total. The van der Waals surface area contributed by atoms with Crippen LogP contribution in [0.2, 0.25) is 0 Å². The van der Waals surface area contributed by atoms with Crippen LogP contribution in [0.25, 0.3) is 0 Å². The number of carbonyl (C=O) groups excluding carboxylic acids is 1. The summed E-state index contributed by atoms with van der Waals surface area (Å²) in [6.45, 7) is 4.39. The molecule has 0 aromatic heterocycles. The Labute approximate surface area is 91.5 Å². The van der Waals surface area contributed by atoms with Crippen molar-refractivity contribution in [2.45, 2.75) is 52.0 Å². The zero-order valence-corrected chi connectivity index (χ0v) is 9.71. The van der Waals surface area contributed by atoms with E-state index in [4.69, 9.17) is 10.6 Å². The number of hydrazine groups is 1. The number of hydrogen-bond donors (Lipinski definition) is 2.